The average molecular weight is 295 g/mol. The van der Waals surface area contributed by atoms with E-state index in [1.165, 1.54) is 23.9 Å². The summed E-state index contributed by atoms with van der Waals surface area (Å²) in [5.41, 5.74) is 0.377. The molecule has 1 aromatic heterocycles. The lowest BCUT2D eigenvalue weighted by atomic mass is 10.2. The highest BCUT2D eigenvalue weighted by molar-refractivity contribution is 7.98. The number of nitrogens with zero attached hydrogens (tertiary/aromatic N) is 3. The summed E-state index contributed by atoms with van der Waals surface area (Å²) in [7, 11) is 3.98. The van der Waals surface area contributed by atoms with Crippen molar-refractivity contribution in [2.75, 3.05) is 26.9 Å². The van der Waals surface area contributed by atoms with Gasteiger partial charge in [0, 0.05) is 6.54 Å². The predicted molar refractivity (Wildman–Crippen MR) is 80.9 cm³/mol. The fourth-order valence-electron chi connectivity index (χ4n) is 2.07. The van der Waals surface area contributed by atoms with Crippen LogP contribution in [0.2, 0.25) is 0 Å². The maximum absolute atomic E-state index is 13.3. The Kier molecular flexibility index (Phi) is 4.77. The van der Waals surface area contributed by atoms with Crippen LogP contribution in [0.5, 0.6) is 0 Å². The lowest BCUT2D eigenvalue weighted by Gasteiger charge is -2.13. The van der Waals surface area contributed by atoms with Crippen molar-refractivity contribution in [3.8, 4) is 0 Å². The molecular weight excluding hydrogens is 277 g/mol. The van der Waals surface area contributed by atoms with E-state index in [0.29, 0.717) is 22.6 Å². The Morgan fingerprint density at radius 1 is 1.40 bits per heavy atom. The third-order valence-corrected chi connectivity index (χ3v) is 3.73. The molecule has 2 rings (SSSR count). The van der Waals surface area contributed by atoms with Crippen LogP contribution < -0.4 is 5.56 Å². The molecule has 0 saturated carbocycles. The number of aromatic nitrogens is 2. The molecule has 0 N–H and O–H groups in total. The molecule has 4 nitrogen and oxygen atoms in total. The summed E-state index contributed by atoms with van der Waals surface area (Å²) < 4.78 is 14.9. The van der Waals surface area contributed by atoms with Gasteiger partial charge in [-0.05, 0) is 51.5 Å². The van der Waals surface area contributed by atoms with E-state index in [-0.39, 0.29) is 5.56 Å². The van der Waals surface area contributed by atoms with Crippen molar-refractivity contribution in [1.82, 2.24) is 14.5 Å². The number of hydrogen-bond donors (Lipinski definition) is 0. The third-order valence-electron chi connectivity index (χ3n) is 3.05. The molecule has 0 unspecified atom stereocenters. The smallest absolute Gasteiger partial charge is 0.262 e. The average Bonchev–Trinajstić information content (AvgIpc) is 2.41. The van der Waals surface area contributed by atoms with Crippen LogP contribution in [0, 0.1) is 5.82 Å². The predicted octanol–water partition coefficient (Wildman–Crippen LogP) is 2.21. The number of benzene rings is 1. The van der Waals surface area contributed by atoms with E-state index in [4.69, 9.17) is 0 Å². The van der Waals surface area contributed by atoms with Crippen LogP contribution in [-0.4, -0.2) is 41.3 Å². The van der Waals surface area contributed by atoms with Crippen molar-refractivity contribution >= 4 is 22.7 Å². The second-order valence-corrected chi connectivity index (χ2v) is 5.65. The molecule has 20 heavy (non-hydrogen) atoms. The number of thioether (sulfide) groups is 1. The minimum atomic E-state index is -0.409. The second-order valence-electron chi connectivity index (χ2n) is 4.87. The first-order chi connectivity index (χ1) is 9.52. The highest BCUT2D eigenvalue weighted by atomic mass is 32.2. The maximum atomic E-state index is 13.3. The topological polar surface area (TPSA) is 38.1 Å². The fourth-order valence-corrected chi connectivity index (χ4v) is 2.66. The summed E-state index contributed by atoms with van der Waals surface area (Å²) in [6.07, 6.45) is 2.74. The van der Waals surface area contributed by atoms with E-state index in [2.05, 4.69) is 9.88 Å². The first kappa shape index (κ1) is 15.0. The van der Waals surface area contributed by atoms with Crippen molar-refractivity contribution in [2.24, 2.45) is 0 Å². The van der Waals surface area contributed by atoms with Crippen LogP contribution in [0.4, 0.5) is 4.39 Å². The Morgan fingerprint density at radius 2 is 2.15 bits per heavy atom. The molecule has 0 amide bonds. The molecule has 0 aliphatic heterocycles. The maximum Gasteiger partial charge on any atom is 0.262 e. The highest BCUT2D eigenvalue weighted by Gasteiger charge is 2.11. The van der Waals surface area contributed by atoms with Gasteiger partial charge in [-0.1, -0.05) is 11.8 Å². The SMILES string of the molecule is CSc1nc2ccc(F)cc2c(=O)n1CCCN(C)C. The normalized spacial score (nSPS) is 11.4. The van der Waals surface area contributed by atoms with Crippen molar-refractivity contribution in [3.63, 3.8) is 0 Å². The van der Waals surface area contributed by atoms with E-state index in [1.54, 1.807) is 10.6 Å². The van der Waals surface area contributed by atoms with Crippen LogP contribution >= 0.6 is 11.8 Å². The number of halogens is 1. The first-order valence-electron chi connectivity index (χ1n) is 6.41. The molecule has 0 atom stereocenters. The molecule has 0 fully saturated rings. The molecule has 0 saturated heterocycles. The summed E-state index contributed by atoms with van der Waals surface area (Å²) >= 11 is 1.43. The van der Waals surface area contributed by atoms with Crippen molar-refractivity contribution in [2.45, 2.75) is 18.1 Å². The lowest BCUT2D eigenvalue weighted by molar-refractivity contribution is 0.379. The molecule has 0 radical (unpaired) electrons. The van der Waals surface area contributed by atoms with Crippen LogP contribution in [0.15, 0.2) is 28.2 Å². The van der Waals surface area contributed by atoms with Gasteiger partial charge in [0.25, 0.3) is 5.56 Å². The molecule has 0 spiro atoms. The van der Waals surface area contributed by atoms with Gasteiger partial charge >= 0.3 is 0 Å². The molecule has 0 bridgehead atoms. The first-order valence-corrected chi connectivity index (χ1v) is 7.64. The van der Waals surface area contributed by atoms with Gasteiger partial charge in [-0.2, -0.15) is 0 Å². The van der Waals surface area contributed by atoms with Crippen LogP contribution in [0.3, 0.4) is 0 Å². The summed E-state index contributed by atoms with van der Waals surface area (Å²) in [4.78, 5) is 19.0. The van der Waals surface area contributed by atoms with Crippen molar-refractivity contribution < 1.29 is 4.39 Å². The third kappa shape index (κ3) is 3.19. The van der Waals surface area contributed by atoms with Gasteiger partial charge in [0.1, 0.15) is 5.82 Å². The van der Waals surface area contributed by atoms with E-state index in [9.17, 15) is 9.18 Å². The minimum absolute atomic E-state index is 0.169. The van der Waals surface area contributed by atoms with Gasteiger partial charge in [0.2, 0.25) is 0 Å². The summed E-state index contributed by atoms with van der Waals surface area (Å²) in [5, 5.41) is 1.01. The molecule has 2 aromatic rings. The zero-order valence-corrected chi connectivity index (χ0v) is 12.7. The quantitative estimate of drug-likeness (QED) is 0.626. The van der Waals surface area contributed by atoms with Crippen molar-refractivity contribution in [3.05, 3.63) is 34.4 Å². The Balaban J connectivity index is 2.45. The number of rotatable bonds is 5. The van der Waals surface area contributed by atoms with E-state index < -0.39 is 5.82 Å². The zero-order chi connectivity index (χ0) is 14.7. The van der Waals surface area contributed by atoms with E-state index >= 15 is 0 Å². The molecule has 1 heterocycles. The molecule has 6 heteroatoms. The Morgan fingerprint density at radius 3 is 2.80 bits per heavy atom. The lowest BCUT2D eigenvalue weighted by Crippen LogP contribution is -2.25. The van der Waals surface area contributed by atoms with Crippen LogP contribution in [0.1, 0.15) is 6.42 Å². The summed E-state index contributed by atoms with van der Waals surface area (Å²) in [5.74, 6) is -0.409. The van der Waals surface area contributed by atoms with Crippen LogP contribution in [-0.2, 0) is 6.54 Å². The van der Waals surface area contributed by atoms with Gasteiger partial charge in [-0.15, -0.1) is 0 Å². The monoisotopic (exact) mass is 295 g/mol. The molecule has 0 aliphatic carbocycles. The largest absolute Gasteiger partial charge is 0.309 e. The molecule has 108 valence electrons. The van der Waals surface area contributed by atoms with Gasteiger partial charge in [-0.25, -0.2) is 9.37 Å². The minimum Gasteiger partial charge on any atom is -0.309 e. The standard InChI is InChI=1S/C14H18FN3OS/c1-17(2)7-4-8-18-13(19)11-9-10(15)5-6-12(11)16-14(18)20-3/h5-6,9H,4,7-8H2,1-3H3. The van der Waals surface area contributed by atoms with Crippen molar-refractivity contribution in [1.29, 1.82) is 0 Å². The van der Waals surface area contributed by atoms with Gasteiger partial charge < -0.3 is 4.90 Å². The number of fused-ring (bicyclic) bond motifs is 1. The van der Waals surface area contributed by atoms with Crippen LogP contribution in [0.25, 0.3) is 10.9 Å². The summed E-state index contributed by atoms with van der Waals surface area (Å²) in [6, 6.07) is 4.14. The van der Waals surface area contributed by atoms with E-state index in [1.807, 2.05) is 20.4 Å². The highest BCUT2D eigenvalue weighted by Crippen LogP contribution is 2.16. The molecular formula is C14H18FN3OS. The van der Waals surface area contributed by atoms with Gasteiger partial charge in [0.05, 0.1) is 10.9 Å². The Bertz CT molecular complexity index is 669. The number of hydrogen-bond acceptors (Lipinski definition) is 4. The Hall–Kier alpha value is -1.40. The van der Waals surface area contributed by atoms with Gasteiger partial charge in [0.15, 0.2) is 5.16 Å². The molecule has 1 aromatic carbocycles. The molecule has 0 aliphatic rings. The fraction of sp³-hybridized carbons (Fsp3) is 0.429. The zero-order valence-electron chi connectivity index (χ0n) is 11.9. The van der Waals surface area contributed by atoms with Gasteiger partial charge in [-0.3, -0.25) is 9.36 Å². The van der Waals surface area contributed by atoms with E-state index in [0.717, 1.165) is 13.0 Å². The second kappa shape index (κ2) is 6.37. The summed E-state index contributed by atoms with van der Waals surface area (Å²) in [6.45, 7) is 1.48. The Labute approximate surface area is 121 Å².